The zero-order valence-electron chi connectivity index (χ0n) is 12.2. The molecule has 0 aliphatic carbocycles. The monoisotopic (exact) mass is 304 g/mol. The normalized spacial score (nSPS) is 12.0. The lowest BCUT2D eigenvalue weighted by Crippen LogP contribution is -2.08. The summed E-state index contributed by atoms with van der Waals surface area (Å²) in [4.78, 5) is 10.4. The molecule has 0 saturated heterocycles. The van der Waals surface area contributed by atoms with Crippen molar-refractivity contribution in [3.05, 3.63) is 68.2 Å². The fourth-order valence-electron chi connectivity index (χ4n) is 2.13. The van der Waals surface area contributed by atoms with E-state index in [1.54, 1.807) is 6.07 Å². The van der Waals surface area contributed by atoms with Crippen LogP contribution in [0.1, 0.15) is 29.7 Å². The van der Waals surface area contributed by atoms with Gasteiger partial charge >= 0.3 is 0 Å². The molecule has 2 aromatic carbocycles. The summed E-state index contributed by atoms with van der Waals surface area (Å²) >= 11 is 5.96. The number of nitro groups is 1. The van der Waals surface area contributed by atoms with Gasteiger partial charge in [-0.1, -0.05) is 41.4 Å². The van der Waals surface area contributed by atoms with Crippen molar-refractivity contribution in [2.24, 2.45) is 0 Å². The minimum absolute atomic E-state index is 0.0669. The third kappa shape index (κ3) is 3.52. The Morgan fingerprint density at radius 1 is 1.19 bits per heavy atom. The first-order chi connectivity index (χ1) is 9.88. The van der Waals surface area contributed by atoms with Crippen molar-refractivity contribution in [1.29, 1.82) is 0 Å². The van der Waals surface area contributed by atoms with Gasteiger partial charge in [0, 0.05) is 17.8 Å². The molecule has 5 heteroatoms. The highest BCUT2D eigenvalue weighted by Crippen LogP contribution is 2.32. The van der Waals surface area contributed by atoms with E-state index in [4.69, 9.17) is 11.6 Å². The highest BCUT2D eigenvalue weighted by Gasteiger charge is 2.16. The first-order valence-electron chi connectivity index (χ1n) is 6.66. The number of nitro benzene ring substituents is 1. The molecule has 0 aliphatic heterocycles. The lowest BCUT2D eigenvalue weighted by atomic mass is 10.1. The van der Waals surface area contributed by atoms with E-state index in [0.717, 1.165) is 16.8 Å². The zero-order valence-corrected chi connectivity index (χ0v) is 12.9. The van der Waals surface area contributed by atoms with Crippen molar-refractivity contribution in [2.75, 3.05) is 5.32 Å². The summed E-state index contributed by atoms with van der Waals surface area (Å²) in [5.41, 5.74) is 3.89. The van der Waals surface area contributed by atoms with Crippen LogP contribution in [-0.2, 0) is 0 Å². The van der Waals surface area contributed by atoms with Crippen molar-refractivity contribution in [2.45, 2.75) is 26.8 Å². The molecule has 2 aromatic rings. The minimum atomic E-state index is -0.470. The van der Waals surface area contributed by atoms with Gasteiger partial charge in [-0.25, -0.2) is 0 Å². The molecular formula is C16H17ClN2O2. The van der Waals surface area contributed by atoms with Crippen LogP contribution in [0.25, 0.3) is 0 Å². The number of halogens is 1. The topological polar surface area (TPSA) is 55.2 Å². The van der Waals surface area contributed by atoms with E-state index < -0.39 is 4.92 Å². The molecule has 110 valence electrons. The highest BCUT2D eigenvalue weighted by atomic mass is 35.5. The van der Waals surface area contributed by atoms with Crippen molar-refractivity contribution >= 4 is 23.0 Å². The fraction of sp³-hybridized carbons (Fsp3) is 0.250. The lowest BCUT2D eigenvalue weighted by Gasteiger charge is -2.18. The maximum atomic E-state index is 10.9. The van der Waals surface area contributed by atoms with E-state index in [9.17, 15) is 10.1 Å². The Morgan fingerprint density at radius 3 is 2.38 bits per heavy atom. The smallest absolute Gasteiger partial charge is 0.288 e. The van der Waals surface area contributed by atoms with Crippen LogP contribution in [0.3, 0.4) is 0 Å². The average Bonchev–Trinajstić information content (AvgIpc) is 2.42. The molecule has 0 bridgehead atoms. The molecule has 1 atom stereocenters. The van der Waals surface area contributed by atoms with Crippen LogP contribution >= 0.6 is 11.6 Å². The van der Waals surface area contributed by atoms with Gasteiger partial charge in [-0.3, -0.25) is 10.1 Å². The summed E-state index contributed by atoms with van der Waals surface area (Å²) in [6, 6.07) is 11.4. The molecule has 0 aliphatic rings. The number of hydrogen-bond donors (Lipinski definition) is 1. The molecule has 1 N–H and O–H groups in total. The second-order valence-corrected chi connectivity index (χ2v) is 5.56. The van der Waals surface area contributed by atoms with Gasteiger partial charge in [0.15, 0.2) is 0 Å². The van der Waals surface area contributed by atoms with Crippen LogP contribution in [0.15, 0.2) is 36.4 Å². The SMILES string of the molecule is Cc1ccc(C(C)Nc2cc(Cl)c([N+](=O)[O-])cc2C)cc1. The Kier molecular flexibility index (Phi) is 4.48. The Hall–Kier alpha value is -2.07. The zero-order chi connectivity index (χ0) is 15.6. The Morgan fingerprint density at radius 2 is 1.81 bits per heavy atom. The number of nitrogens with one attached hydrogen (secondary N) is 1. The summed E-state index contributed by atoms with van der Waals surface area (Å²) in [5.74, 6) is 0. The highest BCUT2D eigenvalue weighted by molar-refractivity contribution is 6.33. The minimum Gasteiger partial charge on any atom is -0.378 e. The molecule has 0 amide bonds. The van der Waals surface area contributed by atoms with Gasteiger partial charge in [-0.05, 0) is 38.0 Å². The number of benzene rings is 2. The van der Waals surface area contributed by atoms with Crippen LogP contribution in [0.4, 0.5) is 11.4 Å². The summed E-state index contributed by atoms with van der Waals surface area (Å²) in [6.45, 7) is 5.91. The van der Waals surface area contributed by atoms with Crippen LogP contribution < -0.4 is 5.32 Å². The Bertz CT molecular complexity index is 669. The average molecular weight is 305 g/mol. The van der Waals surface area contributed by atoms with E-state index in [0.29, 0.717) is 0 Å². The second kappa shape index (κ2) is 6.14. The Balaban J connectivity index is 2.25. The maximum Gasteiger partial charge on any atom is 0.288 e. The van der Waals surface area contributed by atoms with Gasteiger partial charge in [0.1, 0.15) is 5.02 Å². The molecule has 1 unspecified atom stereocenters. The number of hydrogen-bond acceptors (Lipinski definition) is 3. The molecule has 0 radical (unpaired) electrons. The largest absolute Gasteiger partial charge is 0.378 e. The molecule has 0 spiro atoms. The summed E-state index contributed by atoms with van der Waals surface area (Å²) in [5, 5.41) is 14.4. The van der Waals surface area contributed by atoms with Gasteiger partial charge in [0.05, 0.1) is 4.92 Å². The molecular weight excluding hydrogens is 288 g/mol. The number of aryl methyl sites for hydroxylation is 2. The first-order valence-corrected chi connectivity index (χ1v) is 7.04. The van der Waals surface area contributed by atoms with Crippen LogP contribution in [0, 0.1) is 24.0 Å². The maximum absolute atomic E-state index is 10.9. The van der Waals surface area contributed by atoms with Gasteiger partial charge < -0.3 is 5.32 Å². The second-order valence-electron chi connectivity index (χ2n) is 5.15. The van der Waals surface area contributed by atoms with Crippen molar-refractivity contribution < 1.29 is 4.92 Å². The fourth-order valence-corrected chi connectivity index (χ4v) is 2.37. The van der Waals surface area contributed by atoms with Gasteiger partial charge in [-0.2, -0.15) is 0 Å². The van der Waals surface area contributed by atoms with E-state index in [2.05, 4.69) is 29.6 Å². The van der Waals surface area contributed by atoms with E-state index >= 15 is 0 Å². The first kappa shape index (κ1) is 15.3. The summed E-state index contributed by atoms with van der Waals surface area (Å²) < 4.78 is 0. The van der Waals surface area contributed by atoms with Crippen molar-refractivity contribution in [1.82, 2.24) is 0 Å². The quantitative estimate of drug-likeness (QED) is 0.636. The van der Waals surface area contributed by atoms with Crippen LogP contribution in [0.5, 0.6) is 0 Å². The third-order valence-electron chi connectivity index (χ3n) is 3.44. The predicted molar refractivity (Wildman–Crippen MR) is 86.1 cm³/mol. The molecule has 0 saturated carbocycles. The van der Waals surface area contributed by atoms with Gasteiger partial charge in [-0.15, -0.1) is 0 Å². The third-order valence-corrected chi connectivity index (χ3v) is 3.74. The van der Waals surface area contributed by atoms with E-state index in [1.165, 1.54) is 11.6 Å². The van der Waals surface area contributed by atoms with Crippen LogP contribution in [-0.4, -0.2) is 4.92 Å². The molecule has 0 heterocycles. The van der Waals surface area contributed by atoms with Crippen LogP contribution in [0.2, 0.25) is 5.02 Å². The van der Waals surface area contributed by atoms with E-state index in [-0.39, 0.29) is 16.8 Å². The molecule has 0 aromatic heterocycles. The summed E-state index contributed by atoms with van der Waals surface area (Å²) in [7, 11) is 0. The standard InChI is InChI=1S/C16H17ClN2O2/c1-10-4-6-13(7-5-10)12(3)18-15-9-14(17)16(19(20)21)8-11(15)2/h4-9,12,18H,1-3H3. The predicted octanol–water partition coefficient (Wildman–Crippen LogP) is 5.04. The van der Waals surface area contributed by atoms with Gasteiger partial charge in [0.25, 0.3) is 5.69 Å². The van der Waals surface area contributed by atoms with Crippen molar-refractivity contribution in [3.8, 4) is 0 Å². The van der Waals surface area contributed by atoms with Crippen molar-refractivity contribution in [3.63, 3.8) is 0 Å². The molecule has 0 fully saturated rings. The lowest BCUT2D eigenvalue weighted by molar-refractivity contribution is -0.384. The number of rotatable bonds is 4. The molecule has 2 rings (SSSR count). The summed E-state index contributed by atoms with van der Waals surface area (Å²) in [6.07, 6.45) is 0. The molecule has 21 heavy (non-hydrogen) atoms. The molecule has 4 nitrogen and oxygen atoms in total. The van der Waals surface area contributed by atoms with E-state index in [1.807, 2.05) is 20.8 Å². The Labute approximate surface area is 128 Å². The van der Waals surface area contributed by atoms with Gasteiger partial charge in [0.2, 0.25) is 0 Å². The number of anilines is 1. The number of nitrogens with zero attached hydrogens (tertiary/aromatic N) is 1.